The van der Waals surface area contributed by atoms with Gasteiger partial charge in [-0.1, -0.05) is 18.2 Å². The monoisotopic (exact) mass is 300 g/mol. The van der Waals surface area contributed by atoms with E-state index < -0.39 is 0 Å². The Labute approximate surface area is 129 Å². The van der Waals surface area contributed by atoms with Crippen molar-refractivity contribution in [3.05, 3.63) is 41.6 Å². The summed E-state index contributed by atoms with van der Waals surface area (Å²) < 4.78 is 4.85. The molecule has 0 aliphatic carbocycles. The predicted octanol–water partition coefficient (Wildman–Crippen LogP) is 2.62. The lowest BCUT2D eigenvalue weighted by atomic mass is 10.1. The number of hydrogen-bond acceptors (Lipinski definition) is 4. The van der Waals surface area contributed by atoms with Crippen LogP contribution in [0.4, 0.5) is 0 Å². The molecule has 2 aromatic rings. The minimum Gasteiger partial charge on any atom is -0.466 e. The molecule has 0 atom stereocenters. The lowest BCUT2D eigenvalue weighted by Crippen LogP contribution is -2.25. The van der Waals surface area contributed by atoms with Crippen LogP contribution < -0.4 is 5.32 Å². The zero-order valence-electron chi connectivity index (χ0n) is 12.9. The molecule has 22 heavy (non-hydrogen) atoms. The number of amides is 1. The standard InChI is InChI=1S/C17H20N2O3/c1-3-22-16(20)9-6-10-18-17(21)14-11-12(2)19-15-8-5-4-7-13(14)15/h4-5,7-8,11H,3,6,9-10H2,1-2H3,(H,18,21). The third-order valence-corrected chi connectivity index (χ3v) is 3.24. The predicted molar refractivity (Wildman–Crippen MR) is 84.7 cm³/mol. The van der Waals surface area contributed by atoms with Gasteiger partial charge >= 0.3 is 5.97 Å². The van der Waals surface area contributed by atoms with Crippen molar-refractivity contribution in [1.82, 2.24) is 10.3 Å². The van der Waals surface area contributed by atoms with Crippen molar-refractivity contribution in [1.29, 1.82) is 0 Å². The zero-order chi connectivity index (χ0) is 15.9. The highest BCUT2D eigenvalue weighted by atomic mass is 16.5. The molecule has 0 fully saturated rings. The molecule has 116 valence electrons. The highest BCUT2D eigenvalue weighted by Crippen LogP contribution is 2.18. The second-order valence-electron chi connectivity index (χ2n) is 4.99. The minimum absolute atomic E-state index is 0.148. The van der Waals surface area contributed by atoms with Crippen molar-refractivity contribution < 1.29 is 14.3 Å². The third-order valence-electron chi connectivity index (χ3n) is 3.24. The van der Waals surface area contributed by atoms with Gasteiger partial charge in [-0.15, -0.1) is 0 Å². The summed E-state index contributed by atoms with van der Waals surface area (Å²) in [4.78, 5) is 28.0. The van der Waals surface area contributed by atoms with E-state index in [9.17, 15) is 9.59 Å². The van der Waals surface area contributed by atoms with Crippen LogP contribution in [0.25, 0.3) is 10.9 Å². The first kappa shape index (κ1) is 15.9. The lowest BCUT2D eigenvalue weighted by molar-refractivity contribution is -0.143. The molecule has 0 spiro atoms. The average Bonchev–Trinajstić information content (AvgIpc) is 2.50. The number of nitrogens with zero attached hydrogens (tertiary/aromatic N) is 1. The Morgan fingerprint density at radius 3 is 2.82 bits per heavy atom. The molecule has 5 heteroatoms. The number of nitrogens with one attached hydrogen (secondary N) is 1. The van der Waals surface area contributed by atoms with Crippen LogP contribution in [0.2, 0.25) is 0 Å². The molecule has 0 aliphatic heterocycles. The normalized spacial score (nSPS) is 10.5. The van der Waals surface area contributed by atoms with Gasteiger partial charge in [0, 0.05) is 24.0 Å². The third kappa shape index (κ3) is 4.04. The maximum atomic E-state index is 12.3. The van der Waals surface area contributed by atoms with Gasteiger partial charge in [-0.05, 0) is 32.4 Å². The molecular weight excluding hydrogens is 280 g/mol. The number of fused-ring (bicyclic) bond motifs is 1. The number of hydrogen-bond donors (Lipinski definition) is 1. The molecule has 1 amide bonds. The van der Waals surface area contributed by atoms with Gasteiger partial charge in [0.25, 0.3) is 5.91 Å². The number of carbonyl (C=O) groups is 2. The quantitative estimate of drug-likeness (QED) is 0.657. The van der Waals surface area contributed by atoms with Crippen LogP contribution in [-0.4, -0.2) is 30.0 Å². The van der Waals surface area contributed by atoms with E-state index in [-0.39, 0.29) is 11.9 Å². The molecule has 1 aromatic heterocycles. The Kier molecular flexibility index (Phi) is 5.47. The molecule has 5 nitrogen and oxygen atoms in total. The molecule has 1 aromatic carbocycles. The fourth-order valence-corrected chi connectivity index (χ4v) is 2.26. The van der Waals surface area contributed by atoms with Crippen molar-refractivity contribution in [3.63, 3.8) is 0 Å². The van der Waals surface area contributed by atoms with Gasteiger partial charge in [-0.3, -0.25) is 14.6 Å². The Morgan fingerprint density at radius 1 is 1.27 bits per heavy atom. The van der Waals surface area contributed by atoms with E-state index in [4.69, 9.17) is 4.74 Å². The summed E-state index contributed by atoms with van der Waals surface area (Å²) in [5, 5.41) is 3.67. The van der Waals surface area contributed by atoms with Crippen molar-refractivity contribution in [2.75, 3.05) is 13.2 Å². The summed E-state index contributed by atoms with van der Waals surface area (Å²) in [7, 11) is 0. The Balaban J connectivity index is 2.00. The fourth-order valence-electron chi connectivity index (χ4n) is 2.26. The van der Waals surface area contributed by atoms with E-state index >= 15 is 0 Å². The van der Waals surface area contributed by atoms with E-state index in [1.54, 1.807) is 13.0 Å². The smallest absolute Gasteiger partial charge is 0.305 e. The first-order valence-corrected chi connectivity index (χ1v) is 7.42. The van der Waals surface area contributed by atoms with E-state index in [1.165, 1.54) is 0 Å². The van der Waals surface area contributed by atoms with Crippen LogP contribution >= 0.6 is 0 Å². The molecule has 0 radical (unpaired) electrons. The molecular formula is C17H20N2O3. The fraction of sp³-hybridized carbons (Fsp3) is 0.353. The van der Waals surface area contributed by atoms with Gasteiger partial charge in [0.2, 0.25) is 0 Å². The highest BCUT2D eigenvalue weighted by molar-refractivity contribution is 6.06. The van der Waals surface area contributed by atoms with Crippen LogP contribution in [0.1, 0.15) is 35.8 Å². The number of esters is 1. The minimum atomic E-state index is -0.234. The summed E-state index contributed by atoms with van der Waals surface area (Å²) in [5.74, 6) is -0.382. The van der Waals surface area contributed by atoms with Gasteiger partial charge in [0.05, 0.1) is 17.7 Å². The topological polar surface area (TPSA) is 68.3 Å². The maximum Gasteiger partial charge on any atom is 0.305 e. The first-order valence-electron chi connectivity index (χ1n) is 7.42. The lowest BCUT2D eigenvalue weighted by Gasteiger charge is -2.09. The van der Waals surface area contributed by atoms with Crippen LogP contribution in [-0.2, 0) is 9.53 Å². The van der Waals surface area contributed by atoms with Gasteiger partial charge < -0.3 is 10.1 Å². The summed E-state index contributed by atoms with van der Waals surface area (Å²) in [6, 6.07) is 9.34. The highest BCUT2D eigenvalue weighted by Gasteiger charge is 2.11. The average molecular weight is 300 g/mol. The molecule has 1 N–H and O–H groups in total. The number of pyridine rings is 1. The number of benzene rings is 1. The zero-order valence-corrected chi connectivity index (χ0v) is 12.9. The van der Waals surface area contributed by atoms with Crippen molar-refractivity contribution in [2.45, 2.75) is 26.7 Å². The van der Waals surface area contributed by atoms with Gasteiger partial charge in [0.1, 0.15) is 0 Å². The molecule has 2 rings (SSSR count). The molecule has 0 unspecified atom stereocenters. The first-order chi connectivity index (χ1) is 10.6. The molecule has 0 bridgehead atoms. The number of aromatic nitrogens is 1. The Morgan fingerprint density at radius 2 is 2.05 bits per heavy atom. The largest absolute Gasteiger partial charge is 0.466 e. The van der Waals surface area contributed by atoms with Crippen molar-refractivity contribution in [3.8, 4) is 0 Å². The van der Waals surface area contributed by atoms with Crippen LogP contribution in [0.15, 0.2) is 30.3 Å². The van der Waals surface area contributed by atoms with E-state index in [0.717, 1.165) is 16.6 Å². The second kappa shape index (κ2) is 7.54. The number of carbonyl (C=O) groups excluding carboxylic acids is 2. The number of rotatable bonds is 6. The maximum absolute atomic E-state index is 12.3. The van der Waals surface area contributed by atoms with E-state index in [1.807, 2.05) is 31.2 Å². The summed E-state index contributed by atoms with van der Waals surface area (Å²) in [6.07, 6.45) is 0.872. The van der Waals surface area contributed by atoms with Crippen LogP contribution in [0.5, 0.6) is 0 Å². The van der Waals surface area contributed by atoms with Crippen molar-refractivity contribution in [2.24, 2.45) is 0 Å². The number of ether oxygens (including phenoxy) is 1. The number of aryl methyl sites for hydroxylation is 1. The molecule has 0 saturated carbocycles. The second-order valence-corrected chi connectivity index (χ2v) is 4.99. The van der Waals surface area contributed by atoms with Crippen LogP contribution in [0, 0.1) is 6.92 Å². The van der Waals surface area contributed by atoms with E-state index in [0.29, 0.717) is 31.6 Å². The van der Waals surface area contributed by atoms with Gasteiger partial charge in [0.15, 0.2) is 0 Å². The Hall–Kier alpha value is -2.43. The Bertz CT molecular complexity index is 683. The van der Waals surface area contributed by atoms with Crippen molar-refractivity contribution >= 4 is 22.8 Å². The van der Waals surface area contributed by atoms with Gasteiger partial charge in [-0.25, -0.2) is 0 Å². The molecule has 1 heterocycles. The summed E-state index contributed by atoms with van der Waals surface area (Å²) in [5.41, 5.74) is 2.22. The SMILES string of the molecule is CCOC(=O)CCCNC(=O)c1cc(C)nc2ccccc12. The summed E-state index contributed by atoms with van der Waals surface area (Å²) in [6.45, 7) is 4.46. The summed E-state index contributed by atoms with van der Waals surface area (Å²) >= 11 is 0. The van der Waals surface area contributed by atoms with Gasteiger partial charge in [-0.2, -0.15) is 0 Å². The molecule has 0 aliphatic rings. The van der Waals surface area contributed by atoms with Crippen LogP contribution in [0.3, 0.4) is 0 Å². The molecule has 0 saturated heterocycles. The van der Waals surface area contributed by atoms with E-state index in [2.05, 4.69) is 10.3 Å². The number of para-hydroxylation sites is 1.